The Kier molecular flexibility index (Phi) is 5.96. The van der Waals surface area contributed by atoms with Crippen LogP contribution >= 0.6 is 0 Å². The lowest BCUT2D eigenvalue weighted by atomic mass is 9.86. The molecular weight excluding hydrogens is 364 g/mol. The molecule has 0 unspecified atom stereocenters. The van der Waals surface area contributed by atoms with E-state index >= 15 is 0 Å². The van der Waals surface area contributed by atoms with E-state index in [-0.39, 0.29) is 29.9 Å². The maximum Gasteiger partial charge on any atom is 0.265 e. The molecule has 2 amide bonds. The van der Waals surface area contributed by atoms with Gasteiger partial charge in [-0.25, -0.2) is 0 Å². The van der Waals surface area contributed by atoms with E-state index in [1.54, 1.807) is 11.0 Å². The van der Waals surface area contributed by atoms with Gasteiger partial charge in [-0.3, -0.25) is 9.59 Å². The number of fused-ring (bicyclic) bond motifs is 1. The molecule has 29 heavy (non-hydrogen) atoms. The summed E-state index contributed by atoms with van der Waals surface area (Å²) < 4.78 is 5.63. The van der Waals surface area contributed by atoms with Crippen LogP contribution in [0.15, 0.2) is 42.5 Å². The van der Waals surface area contributed by atoms with Crippen LogP contribution in [0.4, 0.5) is 5.69 Å². The molecule has 154 valence electrons. The average molecular weight is 395 g/mol. The number of nitrogens with zero attached hydrogens (tertiary/aromatic N) is 1. The fraction of sp³-hybridized carbons (Fsp3) is 0.417. The number of rotatable bonds is 5. The molecule has 0 radical (unpaired) electrons. The Morgan fingerprint density at radius 1 is 1.21 bits per heavy atom. The Morgan fingerprint density at radius 2 is 1.97 bits per heavy atom. The van der Waals surface area contributed by atoms with Gasteiger partial charge in [0, 0.05) is 11.6 Å². The van der Waals surface area contributed by atoms with Gasteiger partial charge in [-0.05, 0) is 54.2 Å². The molecule has 0 spiro atoms. The second kappa shape index (κ2) is 8.27. The third-order valence-electron chi connectivity index (χ3n) is 5.29. The van der Waals surface area contributed by atoms with Crippen LogP contribution in [0.25, 0.3) is 0 Å². The highest BCUT2D eigenvalue weighted by Crippen LogP contribution is 2.37. The minimum Gasteiger partial charge on any atom is -0.482 e. The van der Waals surface area contributed by atoms with Crippen molar-refractivity contribution in [1.82, 2.24) is 5.32 Å². The van der Waals surface area contributed by atoms with Crippen molar-refractivity contribution in [1.29, 1.82) is 0 Å². The van der Waals surface area contributed by atoms with Crippen molar-refractivity contribution >= 4 is 17.5 Å². The molecule has 5 nitrogen and oxygen atoms in total. The number of hydrogen-bond donors (Lipinski definition) is 1. The number of hydrogen-bond acceptors (Lipinski definition) is 3. The van der Waals surface area contributed by atoms with Gasteiger partial charge in [0.2, 0.25) is 0 Å². The van der Waals surface area contributed by atoms with Crippen molar-refractivity contribution in [3.8, 4) is 5.75 Å². The van der Waals surface area contributed by atoms with Crippen LogP contribution in [0, 0.1) is 0 Å². The summed E-state index contributed by atoms with van der Waals surface area (Å²) in [6.07, 6.45) is 0.876. The normalized spacial score (nSPS) is 14.8. The quantitative estimate of drug-likeness (QED) is 0.816. The van der Waals surface area contributed by atoms with Gasteiger partial charge in [0.1, 0.15) is 5.75 Å². The number of amides is 2. The summed E-state index contributed by atoms with van der Waals surface area (Å²) in [7, 11) is 0. The fourth-order valence-electron chi connectivity index (χ4n) is 3.24. The molecule has 0 saturated heterocycles. The van der Waals surface area contributed by atoms with E-state index in [1.165, 1.54) is 0 Å². The van der Waals surface area contributed by atoms with Gasteiger partial charge in [-0.2, -0.15) is 0 Å². The maximum absolute atomic E-state index is 12.6. The average Bonchev–Trinajstić information content (AvgIpc) is 2.69. The molecular formula is C24H30N2O3. The van der Waals surface area contributed by atoms with E-state index < -0.39 is 0 Å². The van der Waals surface area contributed by atoms with Crippen LogP contribution in [0.2, 0.25) is 0 Å². The highest BCUT2D eigenvalue weighted by molar-refractivity contribution is 5.98. The summed E-state index contributed by atoms with van der Waals surface area (Å²) in [5.74, 6) is 0.534. The Hall–Kier alpha value is -2.82. The Balaban J connectivity index is 1.88. The van der Waals surface area contributed by atoms with Gasteiger partial charge in [-0.1, -0.05) is 45.9 Å². The van der Waals surface area contributed by atoms with Crippen molar-refractivity contribution in [2.45, 2.75) is 59.0 Å². The SMILES string of the molecule is CC[C@@H](C)NC(=O)c1cccc(CN2C(=O)COc3ccc(C(C)(C)C)cc32)c1. The third kappa shape index (κ3) is 4.78. The molecule has 0 aromatic heterocycles. The number of ether oxygens (including phenoxy) is 1. The first-order chi connectivity index (χ1) is 13.7. The van der Waals surface area contributed by atoms with Crippen LogP contribution in [-0.4, -0.2) is 24.5 Å². The Labute approximate surface area is 173 Å². The predicted molar refractivity (Wildman–Crippen MR) is 115 cm³/mol. The lowest BCUT2D eigenvalue weighted by molar-refractivity contribution is -0.121. The first-order valence-electron chi connectivity index (χ1n) is 10.2. The van der Waals surface area contributed by atoms with Crippen molar-refractivity contribution in [3.63, 3.8) is 0 Å². The van der Waals surface area contributed by atoms with Crippen LogP contribution < -0.4 is 15.0 Å². The summed E-state index contributed by atoms with van der Waals surface area (Å²) in [6.45, 7) is 10.9. The maximum atomic E-state index is 12.6. The molecule has 1 atom stereocenters. The van der Waals surface area contributed by atoms with Crippen LogP contribution in [0.5, 0.6) is 5.75 Å². The van der Waals surface area contributed by atoms with E-state index in [0.717, 1.165) is 23.2 Å². The topological polar surface area (TPSA) is 58.6 Å². The van der Waals surface area contributed by atoms with E-state index in [0.29, 0.717) is 17.9 Å². The van der Waals surface area contributed by atoms with Gasteiger partial charge >= 0.3 is 0 Å². The smallest absolute Gasteiger partial charge is 0.265 e. The van der Waals surface area contributed by atoms with E-state index in [1.807, 2.05) is 50.2 Å². The highest BCUT2D eigenvalue weighted by atomic mass is 16.5. The lowest BCUT2D eigenvalue weighted by Crippen LogP contribution is -2.38. The van der Waals surface area contributed by atoms with E-state index in [2.05, 4.69) is 26.1 Å². The summed E-state index contributed by atoms with van der Waals surface area (Å²) in [5.41, 5.74) is 3.40. The molecule has 5 heteroatoms. The molecule has 0 aliphatic carbocycles. The third-order valence-corrected chi connectivity index (χ3v) is 5.29. The Morgan fingerprint density at radius 3 is 2.66 bits per heavy atom. The molecule has 2 aromatic rings. The number of carbonyl (C=O) groups is 2. The summed E-state index contributed by atoms with van der Waals surface area (Å²) in [5, 5.41) is 2.99. The summed E-state index contributed by atoms with van der Waals surface area (Å²) in [6, 6.07) is 13.6. The zero-order chi connectivity index (χ0) is 21.2. The number of benzene rings is 2. The van der Waals surface area contributed by atoms with Gasteiger partial charge in [0.05, 0.1) is 12.2 Å². The molecule has 1 aliphatic heterocycles. The van der Waals surface area contributed by atoms with Gasteiger partial charge in [0.15, 0.2) is 6.61 Å². The number of anilines is 1. The van der Waals surface area contributed by atoms with Gasteiger partial charge < -0.3 is 15.0 Å². The van der Waals surface area contributed by atoms with Crippen molar-refractivity contribution in [2.24, 2.45) is 0 Å². The highest BCUT2D eigenvalue weighted by Gasteiger charge is 2.27. The molecule has 0 saturated carbocycles. The zero-order valence-corrected chi connectivity index (χ0v) is 17.9. The zero-order valence-electron chi connectivity index (χ0n) is 17.9. The van der Waals surface area contributed by atoms with Gasteiger partial charge in [-0.15, -0.1) is 0 Å². The van der Waals surface area contributed by atoms with Crippen LogP contribution in [0.1, 0.15) is 62.5 Å². The van der Waals surface area contributed by atoms with Crippen molar-refractivity contribution in [3.05, 3.63) is 59.2 Å². The van der Waals surface area contributed by atoms with Crippen LogP contribution in [-0.2, 0) is 16.8 Å². The standard InChI is InChI=1S/C24H30N2O3/c1-6-16(2)25-23(28)18-9-7-8-17(12-18)14-26-20-13-19(24(3,4)5)10-11-21(20)29-15-22(26)27/h7-13,16H,6,14-15H2,1-5H3,(H,25,28)/t16-/m1/s1. The molecule has 3 rings (SSSR count). The first kappa shape index (κ1) is 20.9. The summed E-state index contributed by atoms with van der Waals surface area (Å²) >= 11 is 0. The second-order valence-corrected chi connectivity index (χ2v) is 8.68. The van der Waals surface area contributed by atoms with Gasteiger partial charge in [0.25, 0.3) is 11.8 Å². The Bertz CT molecular complexity index is 915. The minimum atomic E-state index is -0.0927. The number of carbonyl (C=O) groups excluding carboxylic acids is 2. The van der Waals surface area contributed by atoms with Crippen LogP contribution in [0.3, 0.4) is 0 Å². The van der Waals surface area contributed by atoms with Crippen molar-refractivity contribution in [2.75, 3.05) is 11.5 Å². The molecule has 0 bridgehead atoms. The lowest BCUT2D eigenvalue weighted by Gasteiger charge is -2.31. The monoisotopic (exact) mass is 394 g/mol. The van der Waals surface area contributed by atoms with Crippen molar-refractivity contribution < 1.29 is 14.3 Å². The molecule has 1 aliphatic rings. The van der Waals surface area contributed by atoms with E-state index in [9.17, 15) is 9.59 Å². The second-order valence-electron chi connectivity index (χ2n) is 8.68. The molecule has 1 heterocycles. The summed E-state index contributed by atoms with van der Waals surface area (Å²) in [4.78, 5) is 26.9. The molecule has 2 aromatic carbocycles. The fourth-order valence-corrected chi connectivity index (χ4v) is 3.24. The number of nitrogens with one attached hydrogen (secondary N) is 1. The largest absolute Gasteiger partial charge is 0.482 e. The van der Waals surface area contributed by atoms with E-state index in [4.69, 9.17) is 4.74 Å². The minimum absolute atomic E-state index is 0.0239. The first-order valence-corrected chi connectivity index (χ1v) is 10.2. The predicted octanol–water partition coefficient (Wildman–Crippen LogP) is 4.44. The molecule has 1 N–H and O–H groups in total. The molecule has 0 fully saturated rings.